The molecule has 29 heavy (non-hydrogen) atoms. The van der Waals surface area contributed by atoms with Gasteiger partial charge in [0.05, 0.1) is 0 Å². The zero-order chi connectivity index (χ0) is 20.6. The maximum Gasteiger partial charge on any atom is 0.356 e. The molecule has 3 aromatic carbocycles. The van der Waals surface area contributed by atoms with E-state index in [0.717, 1.165) is 0 Å². The first kappa shape index (κ1) is 19.6. The molecule has 3 rings (SSSR count). The van der Waals surface area contributed by atoms with E-state index < -0.39 is 17.6 Å². The largest absolute Gasteiger partial charge is 0.476 e. The Morgan fingerprint density at radius 3 is 1.86 bits per heavy atom. The first-order chi connectivity index (χ1) is 14.1. The molecule has 0 aliphatic rings. The lowest BCUT2D eigenvalue weighted by Crippen LogP contribution is -2.29. The van der Waals surface area contributed by atoms with Crippen LogP contribution in [0, 0.1) is 0 Å². The number of ether oxygens (including phenoxy) is 1. The molecule has 0 aliphatic heterocycles. The Hall–Kier alpha value is -4.19. The molecule has 0 heterocycles. The van der Waals surface area contributed by atoms with Gasteiger partial charge in [-0.15, -0.1) is 0 Å². The number of carbonyl (C=O) groups excluding carboxylic acids is 2. The number of carboxylic acid groups (broad SMARTS) is 1. The van der Waals surface area contributed by atoms with Crippen molar-refractivity contribution in [2.45, 2.75) is 0 Å². The van der Waals surface area contributed by atoms with E-state index in [4.69, 9.17) is 4.74 Å². The summed E-state index contributed by atoms with van der Waals surface area (Å²) in [6.07, 6.45) is 0.695. The molecule has 0 unspecified atom stereocenters. The van der Waals surface area contributed by atoms with E-state index in [1.165, 1.54) is 0 Å². The van der Waals surface area contributed by atoms with E-state index in [1.807, 2.05) is 0 Å². The van der Waals surface area contributed by atoms with Gasteiger partial charge in [-0.1, -0.05) is 48.5 Å². The lowest BCUT2D eigenvalue weighted by molar-refractivity contribution is -0.133. The van der Waals surface area contributed by atoms with Crippen LogP contribution >= 0.6 is 0 Å². The SMILES string of the molecule is O=Cc1ccc(OC(=C(NC(=O)c2ccccc2)C(=O)O)c2ccccc2)cc1. The van der Waals surface area contributed by atoms with Crippen molar-refractivity contribution in [3.05, 3.63) is 107 Å². The lowest BCUT2D eigenvalue weighted by atomic mass is 10.1. The van der Waals surface area contributed by atoms with E-state index in [1.54, 1.807) is 84.9 Å². The van der Waals surface area contributed by atoms with Gasteiger partial charge in [-0.2, -0.15) is 0 Å². The van der Waals surface area contributed by atoms with E-state index in [0.29, 0.717) is 28.7 Å². The Morgan fingerprint density at radius 2 is 1.34 bits per heavy atom. The number of aldehydes is 1. The van der Waals surface area contributed by atoms with Crippen LogP contribution in [0.1, 0.15) is 26.3 Å². The molecule has 0 radical (unpaired) electrons. The van der Waals surface area contributed by atoms with Crippen LogP contribution in [0.15, 0.2) is 90.6 Å². The molecule has 1 amide bonds. The summed E-state index contributed by atoms with van der Waals surface area (Å²) in [5, 5.41) is 12.2. The minimum atomic E-state index is -1.35. The highest BCUT2D eigenvalue weighted by Crippen LogP contribution is 2.24. The molecule has 0 saturated heterocycles. The molecule has 0 saturated carbocycles. The summed E-state index contributed by atoms with van der Waals surface area (Å²) in [5.41, 5.74) is 0.842. The Balaban J connectivity index is 2.03. The third kappa shape index (κ3) is 4.95. The summed E-state index contributed by atoms with van der Waals surface area (Å²) in [4.78, 5) is 35.3. The average molecular weight is 387 g/mol. The predicted octanol–water partition coefficient (Wildman–Crippen LogP) is 3.76. The number of hydrogen-bond donors (Lipinski definition) is 2. The highest BCUT2D eigenvalue weighted by atomic mass is 16.5. The fourth-order valence-electron chi connectivity index (χ4n) is 2.56. The average Bonchev–Trinajstić information content (AvgIpc) is 2.77. The zero-order valence-electron chi connectivity index (χ0n) is 15.2. The first-order valence-corrected chi connectivity index (χ1v) is 8.71. The molecule has 0 aliphatic carbocycles. The van der Waals surface area contributed by atoms with Crippen LogP contribution < -0.4 is 10.1 Å². The molecule has 0 spiro atoms. The lowest BCUT2D eigenvalue weighted by Gasteiger charge is -2.15. The molecule has 6 heteroatoms. The van der Waals surface area contributed by atoms with Crippen LogP contribution in [0.2, 0.25) is 0 Å². The third-order valence-electron chi connectivity index (χ3n) is 3.99. The molecule has 2 N–H and O–H groups in total. The summed E-state index contributed by atoms with van der Waals surface area (Å²) in [5.74, 6) is -1.63. The van der Waals surface area contributed by atoms with Gasteiger partial charge in [-0.25, -0.2) is 4.79 Å². The molecule has 144 valence electrons. The van der Waals surface area contributed by atoms with Gasteiger partial charge in [-0.3, -0.25) is 9.59 Å². The maximum absolute atomic E-state index is 12.5. The highest BCUT2D eigenvalue weighted by Gasteiger charge is 2.22. The Morgan fingerprint density at radius 1 is 0.793 bits per heavy atom. The topological polar surface area (TPSA) is 92.7 Å². The van der Waals surface area contributed by atoms with Crippen molar-refractivity contribution >= 4 is 23.9 Å². The number of carboxylic acids is 1. The number of aliphatic carboxylic acids is 1. The molecule has 0 atom stereocenters. The van der Waals surface area contributed by atoms with Crippen LogP contribution in [-0.4, -0.2) is 23.3 Å². The summed E-state index contributed by atoms with van der Waals surface area (Å²) in [7, 11) is 0. The third-order valence-corrected chi connectivity index (χ3v) is 3.99. The van der Waals surface area contributed by atoms with Crippen molar-refractivity contribution in [2.24, 2.45) is 0 Å². The van der Waals surface area contributed by atoms with Gasteiger partial charge < -0.3 is 15.2 Å². The normalized spacial score (nSPS) is 11.2. The molecular weight excluding hydrogens is 370 g/mol. The molecule has 3 aromatic rings. The molecule has 0 aromatic heterocycles. The highest BCUT2D eigenvalue weighted by molar-refractivity contribution is 6.04. The second-order valence-electron chi connectivity index (χ2n) is 5.98. The fraction of sp³-hybridized carbons (Fsp3) is 0. The van der Waals surface area contributed by atoms with E-state index >= 15 is 0 Å². The van der Waals surface area contributed by atoms with Crippen LogP contribution in [0.3, 0.4) is 0 Å². The predicted molar refractivity (Wildman–Crippen MR) is 107 cm³/mol. The van der Waals surface area contributed by atoms with Crippen molar-refractivity contribution < 1.29 is 24.2 Å². The minimum absolute atomic E-state index is 0.0266. The standard InChI is InChI=1S/C23H17NO5/c25-15-16-11-13-19(14-12-16)29-21(17-7-3-1-4-8-17)20(23(27)28)24-22(26)18-9-5-2-6-10-18/h1-15H,(H,24,26)(H,27,28). The molecular formula is C23H17NO5. The number of carbonyl (C=O) groups is 3. The van der Waals surface area contributed by atoms with Gasteiger partial charge >= 0.3 is 5.97 Å². The van der Waals surface area contributed by atoms with Gasteiger partial charge in [0.1, 0.15) is 12.0 Å². The van der Waals surface area contributed by atoms with Gasteiger partial charge in [-0.05, 0) is 36.4 Å². The van der Waals surface area contributed by atoms with Crippen molar-refractivity contribution in [1.29, 1.82) is 0 Å². The van der Waals surface area contributed by atoms with Crippen molar-refractivity contribution in [3.8, 4) is 5.75 Å². The fourth-order valence-corrected chi connectivity index (χ4v) is 2.56. The Bertz CT molecular complexity index is 1040. The van der Waals surface area contributed by atoms with Crippen LogP contribution in [-0.2, 0) is 4.79 Å². The maximum atomic E-state index is 12.5. The summed E-state index contributed by atoms with van der Waals surface area (Å²) >= 11 is 0. The van der Waals surface area contributed by atoms with E-state index in [-0.39, 0.29) is 5.76 Å². The Labute approximate surface area is 167 Å². The second kappa shape index (κ2) is 9.14. The van der Waals surface area contributed by atoms with Crippen LogP contribution in [0.5, 0.6) is 5.75 Å². The number of benzene rings is 3. The number of amides is 1. The first-order valence-electron chi connectivity index (χ1n) is 8.71. The van der Waals surface area contributed by atoms with Gasteiger partial charge in [0.2, 0.25) is 0 Å². The monoisotopic (exact) mass is 387 g/mol. The smallest absolute Gasteiger partial charge is 0.356 e. The zero-order valence-corrected chi connectivity index (χ0v) is 15.2. The summed E-state index contributed by atoms with van der Waals surface area (Å²) in [6, 6.07) is 23.1. The van der Waals surface area contributed by atoms with Gasteiger partial charge in [0, 0.05) is 16.7 Å². The van der Waals surface area contributed by atoms with Crippen molar-refractivity contribution in [1.82, 2.24) is 5.32 Å². The number of rotatable bonds is 7. The van der Waals surface area contributed by atoms with Crippen LogP contribution in [0.25, 0.3) is 5.76 Å². The van der Waals surface area contributed by atoms with E-state index in [2.05, 4.69) is 5.32 Å². The van der Waals surface area contributed by atoms with Crippen molar-refractivity contribution in [3.63, 3.8) is 0 Å². The quantitative estimate of drug-likeness (QED) is 0.366. The molecule has 0 fully saturated rings. The minimum Gasteiger partial charge on any atom is -0.476 e. The molecule has 0 bridgehead atoms. The second-order valence-corrected chi connectivity index (χ2v) is 5.98. The summed E-state index contributed by atoms with van der Waals surface area (Å²) in [6.45, 7) is 0. The summed E-state index contributed by atoms with van der Waals surface area (Å²) < 4.78 is 5.83. The Kier molecular flexibility index (Phi) is 6.17. The van der Waals surface area contributed by atoms with Crippen LogP contribution in [0.4, 0.5) is 0 Å². The van der Waals surface area contributed by atoms with Crippen molar-refractivity contribution in [2.75, 3.05) is 0 Å². The van der Waals surface area contributed by atoms with E-state index in [9.17, 15) is 19.5 Å². The number of nitrogens with one attached hydrogen (secondary N) is 1. The van der Waals surface area contributed by atoms with Gasteiger partial charge in [0.15, 0.2) is 11.5 Å². The molecule has 6 nitrogen and oxygen atoms in total. The number of hydrogen-bond acceptors (Lipinski definition) is 4. The van der Waals surface area contributed by atoms with Gasteiger partial charge in [0.25, 0.3) is 5.91 Å².